The van der Waals surface area contributed by atoms with Crippen LogP contribution in [0, 0.1) is 23.2 Å². The Hall–Kier alpha value is -2.47. The highest BCUT2D eigenvalue weighted by Crippen LogP contribution is 2.42. The van der Waals surface area contributed by atoms with E-state index in [1.165, 1.54) is 13.8 Å². The van der Waals surface area contributed by atoms with Crippen molar-refractivity contribution >= 4 is 38.4 Å². The van der Waals surface area contributed by atoms with E-state index < -0.39 is 61.6 Å². The van der Waals surface area contributed by atoms with Gasteiger partial charge in [-0.15, -0.1) is 0 Å². The van der Waals surface area contributed by atoms with Crippen molar-refractivity contribution in [3.8, 4) is 0 Å². The van der Waals surface area contributed by atoms with Crippen LogP contribution in [0.15, 0.2) is 0 Å². The smallest absolute Gasteiger partial charge is 0.374 e. The van der Waals surface area contributed by atoms with Gasteiger partial charge in [-0.2, -0.15) is 17.7 Å². The SMILES string of the molecule is CCO[Si](CCCNC(=O)[C@@](CC)(C(=O)ON)[C@@H](C)C(C(=O)ON)C(C(C)=O)C(=O)ON)(OCC)OCC. The molecule has 7 N–H and O–H groups in total. The van der Waals surface area contributed by atoms with E-state index in [0.29, 0.717) is 32.3 Å². The molecule has 0 saturated heterocycles. The molecule has 1 amide bonds. The molecule has 2 unspecified atom stereocenters. The minimum Gasteiger partial charge on any atom is -0.374 e. The molecule has 0 heterocycles. The first-order valence-electron chi connectivity index (χ1n) is 12.4. The average Bonchev–Trinajstić information content (AvgIpc) is 2.89. The van der Waals surface area contributed by atoms with Crippen molar-refractivity contribution in [2.24, 2.45) is 40.9 Å². The van der Waals surface area contributed by atoms with Gasteiger partial charge < -0.3 is 33.1 Å². The number of hydrogen-bond donors (Lipinski definition) is 4. The largest absolute Gasteiger partial charge is 0.500 e. The molecule has 0 spiro atoms. The number of carbonyl (C=O) groups is 5. The Morgan fingerprint density at radius 1 is 0.842 bits per heavy atom. The van der Waals surface area contributed by atoms with Gasteiger partial charge in [0.05, 0.1) is 5.92 Å². The Balaban J connectivity index is 6.21. The van der Waals surface area contributed by atoms with Crippen molar-refractivity contribution in [1.82, 2.24) is 5.32 Å². The lowest BCUT2D eigenvalue weighted by Crippen LogP contribution is -2.57. The molecule has 4 atom stereocenters. The maximum Gasteiger partial charge on any atom is 0.500 e. The zero-order valence-electron chi connectivity index (χ0n) is 22.9. The first-order chi connectivity index (χ1) is 17.9. The second-order valence-corrected chi connectivity index (χ2v) is 11.1. The van der Waals surface area contributed by atoms with E-state index in [9.17, 15) is 24.0 Å². The summed E-state index contributed by atoms with van der Waals surface area (Å²) in [4.78, 5) is 76.7. The van der Waals surface area contributed by atoms with Crippen LogP contribution in [0.1, 0.15) is 54.4 Å². The molecule has 16 heteroatoms. The predicted octanol–water partition coefficient (Wildman–Crippen LogP) is -0.354. The van der Waals surface area contributed by atoms with Gasteiger partial charge in [-0.25, -0.2) is 9.59 Å². The van der Waals surface area contributed by atoms with Gasteiger partial charge >= 0.3 is 26.7 Å². The topological polar surface area (TPSA) is 231 Å². The summed E-state index contributed by atoms with van der Waals surface area (Å²) >= 11 is 0. The Morgan fingerprint density at radius 2 is 1.34 bits per heavy atom. The van der Waals surface area contributed by atoms with Crippen molar-refractivity contribution in [2.45, 2.75) is 60.4 Å². The van der Waals surface area contributed by atoms with Crippen molar-refractivity contribution in [2.75, 3.05) is 26.4 Å². The van der Waals surface area contributed by atoms with Crippen LogP contribution in [0.4, 0.5) is 0 Å². The van der Waals surface area contributed by atoms with E-state index in [2.05, 4.69) is 19.8 Å². The summed E-state index contributed by atoms with van der Waals surface area (Å²) < 4.78 is 17.4. The summed E-state index contributed by atoms with van der Waals surface area (Å²) in [6.45, 7) is 10.4. The van der Waals surface area contributed by atoms with E-state index in [1.54, 1.807) is 0 Å². The number of amides is 1. The van der Waals surface area contributed by atoms with Crippen molar-refractivity contribution in [3.05, 3.63) is 0 Å². The van der Waals surface area contributed by atoms with Gasteiger partial charge in [-0.1, -0.05) is 13.8 Å². The predicted molar refractivity (Wildman–Crippen MR) is 133 cm³/mol. The number of nitrogens with two attached hydrogens (primary N) is 3. The lowest BCUT2D eigenvalue weighted by atomic mass is 9.64. The van der Waals surface area contributed by atoms with Crippen molar-refractivity contribution < 1.29 is 51.8 Å². The first-order valence-corrected chi connectivity index (χ1v) is 14.3. The lowest BCUT2D eigenvalue weighted by molar-refractivity contribution is -0.178. The first kappa shape index (κ1) is 35.5. The molecule has 0 aliphatic carbocycles. The van der Waals surface area contributed by atoms with Gasteiger partial charge in [0.15, 0.2) is 5.41 Å². The summed E-state index contributed by atoms with van der Waals surface area (Å²) in [6, 6.07) is 0.371. The van der Waals surface area contributed by atoms with Crippen LogP contribution in [0.25, 0.3) is 0 Å². The molecule has 0 aliphatic heterocycles. The molecule has 0 fully saturated rings. The number of nitrogens with one attached hydrogen (secondary N) is 1. The van der Waals surface area contributed by atoms with Crippen LogP contribution < -0.4 is 23.0 Å². The summed E-state index contributed by atoms with van der Waals surface area (Å²) in [7, 11) is -2.99. The van der Waals surface area contributed by atoms with E-state index in [0.717, 1.165) is 6.92 Å². The molecular weight excluding hydrogens is 524 g/mol. The Kier molecular flexibility index (Phi) is 16.1. The van der Waals surface area contributed by atoms with Gasteiger partial charge in [0.2, 0.25) is 5.91 Å². The summed E-state index contributed by atoms with van der Waals surface area (Å²) in [5.74, 6) is 4.77. The lowest BCUT2D eigenvalue weighted by Gasteiger charge is -2.38. The molecule has 0 saturated carbocycles. The second kappa shape index (κ2) is 17.2. The van der Waals surface area contributed by atoms with Gasteiger partial charge in [0.1, 0.15) is 11.7 Å². The van der Waals surface area contributed by atoms with Crippen LogP contribution in [0.2, 0.25) is 6.04 Å². The maximum atomic E-state index is 13.5. The third-order valence-electron chi connectivity index (χ3n) is 6.34. The number of Topliss-reactive ketones (excluding diaryl/α,β-unsaturated/α-hetero) is 1. The Bertz CT molecular complexity index is 799. The molecule has 15 nitrogen and oxygen atoms in total. The second-order valence-electron chi connectivity index (χ2n) is 8.35. The monoisotopic (exact) mass is 566 g/mol. The van der Waals surface area contributed by atoms with Gasteiger partial charge in [0, 0.05) is 32.4 Å². The van der Waals surface area contributed by atoms with Crippen LogP contribution in [0.5, 0.6) is 0 Å². The van der Waals surface area contributed by atoms with Crippen LogP contribution in [0.3, 0.4) is 0 Å². The van der Waals surface area contributed by atoms with Crippen molar-refractivity contribution in [3.63, 3.8) is 0 Å². The average molecular weight is 567 g/mol. The minimum absolute atomic E-state index is 0.0557. The third-order valence-corrected chi connectivity index (χ3v) is 9.50. The van der Waals surface area contributed by atoms with Gasteiger partial charge in [0.25, 0.3) is 0 Å². The highest BCUT2D eigenvalue weighted by molar-refractivity contribution is 6.60. The number of hydrogen-bond acceptors (Lipinski definition) is 14. The van der Waals surface area contributed by atoms with E-state index in [-0.39, 0.29) is 13.0 Å². The fourth-order valence-electron chi connectivity index (χ4n) is 4.54. The molecule has 0 aromatic rings. The highest BCUT2D eigenvalue weighted by atomic mass is 28.4. The fourth-order valence-corrected chi connectivity index (χ4v) is 7.15. The molecule has 38 heavy (non-hydrogen) atoms. The molecular formula is C22H42N4O11Si. The molecule has 0 bridgehead atoms. The standard InChI is InChI=1S/C22H42N4O11Si/c1-7-22(21(31)37-25,14(5)16(18(28)35-23)17(15(6)27)19(29)36-24)20(30)26-12-11-13-38(32-8-2,33-9-3)34-10-4/h14,16-17H,7-13,23-25H2,1-6H3,(H,26,30)/t14-,16?,17?,22-/m0/s1. The zero-order valence-corrected chi connectivity index (χ0v) is 23.9. The molecule has 0 aromatic heterocycles. The fraction of sp³-hybridized carbons (Fsp3) is 0.773. The Labute approximate surface area is 223 Å². The zero-order chi connectivity index (χ0) is 29.5. The highest BCUT2D eigenvalue weighted by Gasteiger charge is 2.58. The molecule has 0 rings (SSSR count). The number of ketones is 1. The molecule has 0 radical (unpaired) electrons. The van der Waals surface area contributed by atoms with Crippen LogP contribution >= 0.6 is 0 Å². The normalized spacial score (nSPS) is 15.4. The molecule has 0 aromatic carbocycles. The summed E-state index contributed by atoms with van der Waals surface area (Å²) in [5.41, 5.74) is -2.13. The van der Waals surface area contributed by atoms with Crippen LogP contribution in [-0.4, -0.2) is 64.8 Å². The van der Waals surface area contributed by atoms with E-state index in [4.69, 9.17) is 31.0 Å². The number of carbonyl (C=O) groups excluding carboxylic acids is 5. The minimum atomic E-state index is -2.99. The van der Waals surface area contributed by atoms with Crippen LogP contribution in [-0.2, 0) is 51.8 Å². The summed E-state index contributed by atoms with van der Waals surface area (Å²) in [5, 5.41) is 2.64. The molecule has 220 valence electrons. The van der Waals surface area contributed by atoms with Gasteiger partial charge in [-0.3, -0.25) is 14.4 Å². The van der Waals surface area contributed by atoms with E-state index >= 15 is 0 Å². The maximum absolute atomic E-state index is 13.5. The Morgan fingerprint density at radius 3 is 1.71 bits per heavy atom. The molecule has 0 aliphatic rings. The quantitative estimate of drug-likeness (QED) is 0.0677. The summed E-state index contributed by atoms with van der Waals surface area (Å²) in [6.07, 6.45) is 0.121. The third kappa shape index (κ3) is 8.52. The number of rotatable bonds is 19. The van der Waals surface area contributed by atoms with Gasteiger partial charge in [-0.05, 0) is 46.5 Å². The van der Waals surface area contributed by atoms with E-state index in [1.807, 2.05) is 20.8 Å². The van der Waals surface area contributed by atoms with Crippen molar-refractivity contribution in [1.29, 1.82) is 0 Å².